The molecule has 0 aromatic heterocycles. The zero-order valence-electron chi connectivity index (χ0n) is 14.3. The topological polar surface area (TPSA) is 40.1 Å². The van der Waals surface area contributed by atoms with Crippen LogP contribution in [0.3, 0.4) is 0 Å². The second-order valence-corrected chi connectivity index (χ2v) is 6.82. The molecular formula is C17H32N4O. The fourth-order valence-electron chi connectivity index (χ4n) is 4.51. The van der Waals surface area contributed by atoms with E-state index in [2.05, 4.69) is 22.0 Å². The highest BCUT2D eigenvalue weighted by Crippen LogP contribution is 2.40. The van der Waals surface area contributed by atoms with Crippen LogP contribution < -0.4 is 5.32 Å². The minimum atomic E-state index is 0.725. The van der Waals surface area contributed by atoms with Crippen LogP contribution in [0.5, 0.6) is 0 Å². The van der Waals surface area contributed by atoms with E-state index in [4.69, 9.17) is 9.73 Å². The van der Waals surface area contributed by atoms with E-state index in [0.717, 1.165) is 50.1 Å². The van der Waals surface area contributed by atoms with Gasteiger partial charge in [0.15, 0.2) is 5.96 Å². The average Bonchev–Trinajstić information content (AvgIpc) is 3.08. The number of piperidine rings is 1. The van der Waals surface area contributed by atoms with Crippen molar-refractivity contribution in [1.29, 1.82) is 0 Å². The predicted octanol–water partition coefficient (Wildman–Crippen LogP) is 1.40. The van der Waals surface area contributed by atoms with Gasteiger partial charge in [0.1, 0.15) is 0 Å². The van der Waals surface area contributed by atoms with Gasteiger partial charge in [-0.25, -0.2) is 0 Å². The Morgan fingerprint density at radius 1 is 1.23 bits per heavy atom. The van der Waals surface area contributed by atoms with Gasteiger partial charge in [-0.2, -0.15) is 0 Å². The highest BCUT2D eigenvalue weighted by atomic mass is 16.5. The molecule has 3 fully saturated rings. The van der Waals surface area contributed by atoms with Crippen LogP contribution in [0.2, 0.25) is 0 Å². The summed E-state index contributed by atoms with van der Waals surface area (Å²) < 4.78 is 5.41. The molecule has 0 aromatic rings. The van der Waals surface area contributed by atoms with Crippen molar-refractivity contribution in [3.8, 4) is 0 Å². The van der Waals surface area contributed by atoms with E-state index in [1.54, 1.807) is 0 Å². The Hall–Kier alpha value is -0.810. The van der Waals surface area contributed by atoms with Crippen molar-refractivity contribution in [2.24, 2.45) is 16.8 Å². The molecule has 3 aliphatic rings. The number of hydrogen-bond acceptors (Lipinski definition) is 3. The summed E-state index contributed by atoms with van der Waals surface area (Å²) in [6.07, 6.45) is 4.24. The first-order chi connectivity index (χ1) is 10.8. The summed E-state index contributed by atoms with van der Waals surface area (Å²) in [5, 5.41) is 3.47. The van der Waals surface area contributed by atoms with Gasteiger partial charge in [-0.05, 0) is 45.1 Å². The molecule has 0 radical (unpaired) electrons. The number of likely N-dealkylation sites (tertiary alicyclic amines) is 1. The summed E-state index contributed by atoms with van der Waals surface area (Å²) in [5.74, 6) is 2.80. The van der Waals surface area contributed by atoms with E-state index in [-0.39, 0.29) is 0 Å². The number of ether oxygens (including phenoxy) is 1. The molecule has 3 heterocycles. The maximum Gasteiger partial charge on any atom is 0.194 e. The van der Waals surface area contributed by atoms with Crippen LogP contribution in [0.4, 0.5) is 0 Å². The summed E-state index contributed by atoms with van der Waals surface area (Å²) in [4.78, 5) is 10.0. The Labute approximate surface area is 135 Å². The third kappa shape index (κ3) is 3.40. The van der Waals surface area contributed by atoms with E-state index in [1.165, 1.54) is 45.4 Å². The van der Waals surface area contributed by atoms with Gasteiger partial charge < -0.3 is 15.0 Å². The molecule has 3 atom stereocenters. The van der Waals surface area contributed by atoms with Crippen molar-refractivity contribution in [2.75, 3.05) is 52.5 Å². The van der Waals surface area contributed by atoms with Gasteiger partial charge >= 0.3 is 0 Å². The van der Waals surface area contributed by atoms with Crippen molar-refractivity contribution in [3.63, 3.8) is 0 Å². The number of hydrogen-bond donors (Lipinski definition) is 1. The van der Waals surface area contributed by atoms with Crippen LogP contribution >= 0.6 is 0 Å². The number of rotatable bonds is 5. The van der Waals surface area contributed by atoms with E-state index in [1.807, 2.05) is 6.92 Å². The molecular weight excluding hydrogens is 276 g/mol. The molecule has 0 amide bonds. The molecule has 3 aliphatic heterocycles. The highest BCUT2D eigenvalue weighted by Gasteiger charge is 2.47. The van der Waals surface area contributed by atoms with Crippen molar-refractivity contribution in [3.05, 3.63) is 0 Å². The van der Waals surface area contributed by atoms with Crippen molar-refractivity contribution in [1.82, 2.24) is 15.1 Å². The molecule has 3 saturated heterocycles. The number of fused-ring (bicyclic) bond motifs is 3. The monoisotopic (exact) mass is 308 g/mol. The smallest absolute Gasteiger partial charge is 0.194 e. The normalized spacial score (nSPS) is 32.2. The van der Waals surface area contributed by atoms with Crippen molar-refractivity contribution >= 4 is 5.96 Å². The van der Waals surface area contributed by atoms with Crippen LogP contribution in [0.15, 0.2) is 4.99 Å². The molecule has 5 heteroatoms. The lowest BCUT2D eigenvalue weighted by Gasteiger charge is -2.33. The number of guanidine groups is 1. The molecule has 0 saturated carbocycles. The number of nitrogens with one attached hydrogen (secondary N) is 1. The predicted molar refractivity (Wildman–Crippen MR) is 90.2 cm³/mol. The molecule has 0 bridgehead atoms. The first kappa shape index (κ1) is 16.1. The number of aliphatic imine (C=N–C) groups is 1. The largest absolute Gasteiger partial charge is 0.380 e. The lowest BCUT2D eigenvalue weighted by molar-refractivity contribution is 0.155. The van der Waals surface area contributed by atoms with Gasteiger partial charge in [-0.15, -0.1) is 0 Å². The van der Waals surface area contributed by atoms with E-state index in [9.17, 15) is 0 Å². The van der Waals surface area contributed by atoms with Crippen molar-refractivity contribution < 1.29 is 4.74 Å². The zero-order valence-corrected chi connectivity index (χ0v) is 14.3. The van der Waals surface area contributed by atoms with Gasteiger partial charge in [0, 0.05) is 38.8 Å². The highest BCUT2D eigenvalue weighted by molar-refractivity contribution is 5.80. The average molecular weight is 308 g/mol. The van der Waals surface area contributed by atoms with Gasteiger partial charge in [0.2, 0.25) is 0 Å². The van der Waals surface area contributed by atoms with Gasteiger partial charge in [-0.3, -0.25) is 9.89 Å². The summed E-state index contributed by atoms with van der Waals surface area (Å²) >= 11 is 0. The summed E-state index contributed by atoms with van der Waals surface area (Å²) in [7, 11) is 0. The Morgan fingerprint density at radius 2 is 2.14 bits per heavy atom. The van der Waals surface area contributed by atoms with Crippen LogP contribution in [0, 0.1) is 11.8 Å². The zero-order chi connectivity index (χ0) is 15.4. The Kier molecular flexibility index (Phi) is 5.58. The minimum Gasteiger partial charge on any atom is -0.380 e. The summed E-state index contributed by atoms with van der Waals surface area (Å²) in [6.45, 7) is 12.4. The molecule has 0 spiro atoms. The van der Waals surface area contributed by atoms with Gasteiger partial charge in [-0.1, -0.05) is 6.42 Å². The van der Waals surface area contributed by atoms with E-state index in [0.29, 0.717) is 0 Å². The maximum absolute atomic E-state index is 5.41. The first-order valence-electron chi connectivity index (χ1n) is 9.18. The molecule has 126 valence electrons. The molecule has 3 unspecified atom stereocenters. The molecule has 0 aromatic carbocycles. The third-order valence-corrected chi connectivity index (χ3v) is 5.45. The van der Waals surface area contributed by atoms with Crippen LogP contribution in [0.1, 0.15) is 33.1 Å². The van der Waals surface area contributed by atoms with Crippen LogP contribution in [0.25, 0.3) is 0 Å². The van der Waals surface area contributed by atoms with Crippen LogP contribution in [-0.2, 0) is 4.74 Å². The van der Waals surface area contributed by atoms with Crippen LogP contribution in [-0.4, -0.2) is 74.3 Å². The maximum atomic E-state index is 5.41. The van der Waals surface area contributed by atoms with Crippen molar-refractivity contribution in [2.45, 2.75) is 39.2 Å². The molecule has 22 heavy (non-hydrogen) atoms. The fourth-order valence-corrected chi connectivity index (χ4v) is 4.51. The Morgan fingerprint density at radius 3 is 2.95 bits per heavy atom. The molecule has 0 aliphatic carbocycles. The van der Waals surface area contributed by atoms with E-state index < -0.39 is 0 Å². The Balaban J connectivity index is 1.58. The number of nitrogens with zero attached hydrogens (tertiary/aromatic N) is 3. The second kappa shape index (κ2) is 7.64. The van der Waals surface area contributed by atoms with E-state index >= 15 is 0 Å². The molecule has 5 nitrogen and oxygen atoms in total. The fraction of sp³-hybridized carbons (Fsp3) is 0.941. The summed E-state index contributed by atoms with van der Waals surface area (Å²) in [6, 6.07) is 0.843. The minimum absolute atomic E-state index is 0.725. The SMILES string of the molecule is CCNC(=NCCOCC)N1CC2CN3CCCCC3C2C1. The lowest BCUT2D eigenvalue weighted by atomic mass is 9.90. The lowest BCUT2D eigenvalue weighted by Crippen LogP contribution is -2.44. The standard InChI is InChI=1S/C17H32N4O/c1-3-18-17(19-8-10-22-4-2)21-12-14-11-20-9-6-5-7-16(20)15(14)13-21/h14-16H,3-13H2,1-2H3,(H,18,19). The summed E-state index contributed by atoms with van der Waals surface area (Å²) in [5.41, 5.74) is 0. The quantitative estimate of drug-likeness (QED) is 0.473. The molecule has 1 N–H and O–H groups in total. The Bertz CT molecular complexity index is 387. The third-order valence-electron chi connectivity index (χ3n) is 5.45. The second-order valence-electron chi connectivity index (χ2n) is 6.82. The van der Waals surface area contributed by atoms with Gasteiger partial charge in [0.25, 0.3) is 0 Å². The molecule has 3 rings (SSSR count). The first-order valence-corrected chi connectivity index (χ1v) is 9.18. The van der Waals surface area contributed by atoms with Gasteiger partial charge in [0.05, 0.1) is 13.2 Å².